The summed E-state index contributed by atoms with van der Waals surface area (Å²) in [5, 5.41) is 8.56. The zero-order chi connectivity index (χ0) is 14.2. The number of fused-ring (bicyclic) bond motifs is 1. The molecule has 0 aliphatic carbocycles. The number of carbonyl (C=O) groups excluding carboxylic acids is 1. The van der Waals surface area contributed by atoms with Crippen LogP contribution in [-0.4, -0.2) is 23.3 Å². The van der Waals surface area contributed by atoms with Crippen molar-refractivity contribution in [3.8, 4) is 5.75 Å². The van der Waals surface area contributed by atoms with Crippen molar-refractivity contribution < 1.29 is 24.2 Å². The van der Waals surface area contributed by atoms with Gasteiger partial charge in [0.25, 0.3) is 6.29 Å². The smallest absolute Gasteiger partial charge is 0.454 e. The molecule has 1 aromatic carbocycles. The van der Waals surface area contributed by atoms with Gasteiger partial charge in [-0.15, -0.1) is 0 Å². The molecule has 1 unspecified atom stereocenters. The zero-order valence-corrected chi connectivity index (χ0v) is 10.7. The number of hydrogen-bond acceptors (Lipinski definition) is 4. The Kier molecular flexibility index (Phi) is 3.29. The molecule has 1 aliphatic rings. The number of allylic oxidation sites excluding steroid dienone is 1. The van der Waals surface area contributed by atoms with E-state index in [2.05, 4.69) is 11.3 Å². The van der Waals surface area contributed by atoms with Gasteiger partial charge in [0, 0.05) is 11.1 Å². The lowest BCUT2D eigenvalue weighted by molar-refractivity contribution is -0.0394. The van der Waals surface area contributed by atoms with Crippen LogP contribution in [0, 0.1) is 6.92 Å². The number of Topliss-reactive ketones (excluding diaryl/α,β-unsaturated/α-hetero) is 1. The van der Waals surface area contributed by atoms with Crippen LogP contribution in [0.4, 0.5) is 4.79 Å². The number of hydrogen-bond donors (Lipinski definition) is 1. The van der Waals surface area contributed by atoms with Crippen LogP contribution in [0.15, 0.2) is 24.3 Å². The van der Waals surface area contributed by atoms with Crippen molar-refractivity contribution in [3.05, 3.63) is 41.0 Å². The number of ether oxygens (including phenoxy) is 2. The minimum atomic E-state index is -1.38. The second kappa shape index (κ2) is 4.76. The van der Waals surface area contributed by atoms with Gasteiger partial charge in [-0.1, -0.05) is 6.58 Å². The summed E-state index contributed by atoms with van der Waals surface area (Å²) in [7, 11) is 0. The maximum absolute atomic E-state index is 12.0. The molecule has 0 amide bonds. The van der Waals surface area contributed by atoms with Gasteiger partial charge in [0.2, 0.25) is 0 Å². The van der Waals surface area contributed by atoms with E-state index in [1.54, 1.807) is 26.0 Å². The monoisotopic (exact) mass is 262 g/mol. The zero-order valence-electron chi connectivity index (χ0n) is 10.7. The maximum atomic E-state index is 12.0. The molecule has 1 aromatic rings. The molecular formula is C14H14O5. The summed E-state index contributed by atoms with van der Waals surface area (Å²) < 4.78 is 9.93. The molecule has 0 fully saturated rings. The van der Waals surface area contributed by atoms with Gasteiger partial charge in [0.05, 0.1) is 6.42 Å². The van der Waals surface area contributed by atoms with Gasteiger partial charge in [-0.3, -0.25) is 4.79 Å². The average molecular weight is 262 g/mol. The Bertz CT molecular complexity index is 573. The molecule has 1 heterocycles. The van der Waals surface area contributed by atoms with Crippen molar-refractivity contribution >= 4 is 11.9 Å². The number of ketones is 1. The van der Waals surface area contributed by atoms with Crippen molar-refractivity contribution in [2.75, 3.05) is 0 Å². The van der Waals surface area contributed by atoms with Crippen LogP contribution in [0.5, 0.6) is 5.75 Å². The first kappa shape index (κ1) is 13.1. The first-order chi connectivity index (χ1) is 8.88. The molecule has 5 nitrogen and oxygen atoms in total. The number of rotatable bonds is 3. The van der Waals surface area contributed by atoms with Crippen LogP contribution in [0.25, 0.3) is 0 Å². The van der Waals surface area contributed by atoms with Crippen molar-refractivity contribution in [2.45, 2.75) is 26.6 Å². The highest BCUT2D eigenvalue weighted by Gasteiger charge is 2.27. The Hall–Kier alpha value is -2.30. The lowest BCUT2D eigenvalue weighted by Gasteiger charge is -2.09. The van der Waals surface area contributed by atoms with E-state index in [0.29, 0.717) is 23.3 Å². The van der Waals surface area contributed by atoms with Crippen LogP contribution in [0.1, 0.15) is 28.4 Å². The Morgan fingerprint density at radius 1 is 1.47 bits per heavy atom. The van der Waals surface area contributed by atoms with Crippen LogP contribution in [0.3, 0.4) is 0 Å². The third kappa shape index (κ3) is 2.59. The quantitative estimate of drug-likeness (QED) is 0.515. The second-order valence-corrected chi connectivity index (χ2v) is 4.52. The molecule has 19 heavy (non-hydrogen) atoms. The predicted octanol–water partition coefficient (Wildman–Crippen LogP) is 2.71. The maximum Gasteiger partial charge on any atom is 0.508 e. The molecule has 1 atom stereocenters. The van der Waals surface area contributed by atoms with Crippen LogP contribution < -0.4 is 4.74 Å². The van der Waals surface area contributed by atoms with Gasteiger partial charge in [-0.2, -0.15) is 0 Å². The van der Waals surface area contributed by atoms with Crippen molar-refractivity contribution in [3.63, 3.8) is 0 Å². The third-order valence-electron chi connectivity index (χ3n) is 2.92. The summed E-state index contributed by atoms with van der Waals surface area (Å²) in [6.07, 6.45) is -1.92. The molecule has 5 heteroatoms. The predicted molar refractivity (Wildman–Crippen MR) is 67.6 cm³/mol. The van der Waals surface area contributed by atoms with Crippen LogP contribution >= 0.6 is 0 Å². The normalized spacial score (nSPS) is 16.4. The number of aryl methyl sites for hydroxylation is 1. The van der Waals surface area contributed by atoms with Crippen LogP contribution in [0.2, 0.25) is 0 Å². The summed E-state index contributed by atoms with van der Waals surface area (Å²) >= 11 is 0. The molecule has 0 saturated carbocycles. The number of carbonyl (C=O) groups is 2. The molecule has 0 aromatic heterocycles. The number of benzene rings is 1. The summed E-state index contributed by atoms with van der Waals surface area (Å²) in [6.45, 7) is 7.09. The molecule has 100 valence electrons. The fourth-order valence-corrected chi connectivity index (χ4v) is 2.01. The van der Waals surface area contributed by atoms with Gasteiger partial charge in [-0.25, -0.2) is 4.79 Å². The van der Waals surface area contributed by atoms with Gasteiger partial charge in [0.15, 0.2) is 5.78 Å². The van der Waals surface area contributed by atoms with Gasteiger partial charge >= 0.3 is 6.16 Å². The number of carboxylic acid groups (broad SMARTS) is 1. The Balaban J connectivity index is 2.30. The van der Waals surface area contributed by atoms with E-state index in [1.807, 2.05) is 0 Å². The molecular weight excluding hydrogens is 248 g/mol. The van der Waals surface area contributed by atoms with E-state index in [0.717, 1.165) is 11.1 Å². The standard InChI is InChI=1S/C14H14O5/c1-7(2)13(15)10-5-9-6-12(19-14(16)17)18-11(9)4-8(10)3/h4-5,12H,1,6H2,2-3H3,(H,16,17). The minimum Gasteiger partial charge on any atom is -0.454 e. The first-order valence-corrected chi connectivity index (χ1v) is 5.78. The molecule has 0 radical (unpaired) electrons. The fraction of sp³-hybridized carbons (Fsp3) is 0.286. The second-order valence-electron chi connectivity index (χ2n) is 4.52. The van der Waals surface area contributed by atoms with E-state index in [9.17, 15) is 9.59 Å². The highest BCUT2D eigenvalue weighted by Crippen LogP contribution is 2.32. The van der Waals surface area contributed by atoms with Crippen molar-refractivity contribution in [1.82, 2.24) is 0 Å². The Morgan fingerprint density at radius 2 is 2.16 bits per heavy atom. The Labute approximate surface area is 110 Å². The first-order valence-electron chi connectivity index (χ1n) is 5.78. The molecule has 0 saturated heterocycles. The lowest BCUT2D eigenvalue weighted by atomic mass is 9.97. The van der Waals surface area contributed by atoms with E-state index >= 15 is 0 Å². The Morgan fingerprint density at radius 3 is 2.74 bits per heavy atom. The summed E-state index contributed by atoms with van der Waals surface area (Å²) in [4.78, 5) is 22.4. The van der Waals surface area contributed by atoms with Gasteiger partial charge in [-0.05, 0) is 37.1 Å². The van der Waals surface area contributed by atoms with Crippen LogP contribution in [-0.2, 0) is 11.2 Å². The third-order valence-corrected chi connectivity index (χ3v) is 2.92. The van der Waals surface area contributed by atoms with E-state index in [4.69, 9.17) is 9.84 Å². The summed E-state index contributed by atoms with van der Waals surface area (Å²) in [5.41, 5.74) is 2.55. The molecule has 1 aliphatic heterocycles. The van der Waals surface area contributed by atoms with E-state index < -0.39 is 12.4 Å². The molecule has 2 rings (SSSR count). The van der Waals surface area contributed by atoms with Gasteiger partial charge < -0.3 is 14.6 Å². The van der Waals surface area contributed by atoms with Gasteiger partial charge in [0.1, 0.15) is 5.75 Å². The summed E-state index contributed by atoms with van der Waals surface area (Å²) in [6, 6.07) is 3.43. The van der Waals surface area contributed by atoms with Crippen molar-refractivity contribution in [2.24, 2.45) is 0 Å². The summed E-state index contributed by atoms with van der Waals surface area (Å²) in [5.74, 6) is 0.435. The minimum absolute atomic E-state index is 0.122. The lowest BCUT2D eigenvalue weighted by Crippen LogP contribution is -2.20. The highest BCUT2D eigenvalue weighted by molar-refractivity contribution is 6.09. The van der Waals surface area contributed by atoms with E-state index in [1.165, 1.54) is 0 Å². The highest BCUT2D eigenvalue weighted by atomic mass is 16.8. The SMILES string of the molecule is C=C(C)C(=O)c1cc2c(cc1C)OC(OC(=O)O)C2. The molecule has 1 N–H and O–H groups in total. The van der Waals surface area contributed by atoms with E-state index in [-0.39, 0.29) is 5.78 Å². The molecule has 0 spiro atoms. The topological polar surface area (TPSA) is 72.8 Å². The average Bonchev–Trinajstić information content (AvgIpc) is 2.66. The largest absolute Gasteiger partial charge is 0.508 e. The molecule has 0 bridgehead atoms. The fourth-order valence-electron chi connectivity index (χ4n) is 2.01. The van der Waals surface area contributed by atoms with Crippen molar-refractivity contribution in [1.29, 1.82) is 0 Å².